The van der Waals surface area contributed by atoms with Gasteiger partial charge in [-0.15, -0.1) is 0 Å². The van der Waals surface area contributed by atoms with Gasteiger partial charge in [-0.05, 0) is 34.0 Å². The summed E-state index contributed by atoms with van der Waals surface area (Å²) in [5.41, 5.74) is 4.39. The first-order chi connectivity index (χ1) is 4.86. The van der Waals surface area contributed by atoms with Crippen LogP contribution in [-0.4, -0.2) is 42.2 Å². The minimum absolute atomic E-state index is 0.468. The number of carbonyl (C=O) groups is 1. The Balaban J connectivity index is 3.83. The number of rotatable bonds is 4. The maximum Gasteiger partial charge on any atom is 0.323 e. The number of carboxylic acids is 1. The number of aliphatic carboxylic acids is 1. The second kappa shape index (κ2) is 3.69. The fourth-order valence-corrected chi connectivity index (χ4v) is 0.563. The van der Waals surface area contributed by atoms with Crippen molar-refractivity contribution in [2.24, 2.45) is 5.73 Å². The molecule has 11 heavy (non-hydrogen) atoms. The Labute approximate surface area is 67.0 Å². The van der Waals surface area contributed by atoms with Gasteiger partial charge in [0.1, 0.15) is 5.54 Å². The molecule has 0 saturated carbocycles. The van der Waals surface area contributed by atoms with E-state index < -0.39 is 11.5 Å². The van der Waals surface area contributed by atoms with Crippen LogP contribution in [0.3, 0.4) is 0 Å². The molecule has 0 radical (unpaired) electrons. The van der Waals surface area contributed by atoms with Gasteiger partial charge in [-0.25, -0.2) is 0 Å². The third kappa shape index (κ3) is 3.95. The lowest BCUT2D eigenvalue weighted by Crippen LogP contribution is -2.46. The van der Waals surface area contributed by atoms with E-state index in [1.165, 1.54) is 6.92 Å². The molecule has 3 N–H and O–H groups in total. The molecule has 66 valence electrons. The largest absolute Gasteiger partial charge is 0.480 e. The van der Waals surface area contributed by atoms with E-state index in [0.717, 1.165) is 0 Å². The summed E-state index contributed by atoms with van der Waals surface area (Å²) in [5, 5.41) is 8.61. The average molecular weight is 160 g/mol. The molecule has 0 aliphatic carbocycles. The molecule has 0 aliphatic rings. The summed E-state index contributed by atoms with van der Waals surface area (Å²) in [6, 6.07) is 0. The lowest BCUT2D eigenvalue weighted by Gasteiger charge is -2.20. The summed E-state index contributed by atoms with van der Waals surface area (Å²) in [5.74, 6) is -0.945. The number of hydrogen-bond acceptors (Lipinski definition) is 3. The molecule has 0 aromatic carbocycles. The van der Waals surface area contributed by atoms with E-state index in [9.17, 15) is 4.79 Å². The van der Waals surface area contributed by atoms with Crippen LogP contribution in [0.4, 0.5) is 0 Å². The van der Waals surface area contributed by atoms with Crippen LogP contribution in [0.15, 0.2) is 0 Å². The van der Waals surface area contributed by atoms with E-state index >= 15 is 0 Å². The summed E-state index contributed by atoms with van der Waals surface area (Å²) < 4.78 is 0. The molecule has 0 fully saturated rings. The molecule has 0 spiro atoms. The van der Waals surface area contributed by atoms with Crippen molar-refractivity contribution in [3.63, 3.8) is 0 Å². The van der Waals surface area contributed by atoms with Crippen molar-refractivity contribution in [3.8, 4) is 0 Å². The van der Waals surface area contributed by atoms with Gasteiger partial charge in [-0.3, -0.25) is 4.79 Å². The smallest absolute Gasteiger partial charge is 0.323 e. The second-order valence-corrected chi connectivity index (χ2v) is 3.28. The quantitative estimate of drug-likeness (QED) is 0.594. The highest BCUT2D eigenvalue weighted by molar-refractivity contribution is 5.77. The van der Waals surface area contributed by atoms with E-state index in [1.807, 2.05) is 19.0 Å². The van der Waals surface area contributed by atoms with E-state index in [1.54, 1.807) is 0 Å². The summed E-state index contributed by atoms with van der Waals surface area (Å²) in [7, 11) is 3.77. The van der Waals surface area contributed by atoms with E-state index in [2.05, 4.69) is 0 Å². The Morgan fingerprint density at radius 2 is 2.09 bits per heavy atom. The summed E-state index contributed by atoms with van der Waals surface area (Å²) in [6.45, 7) is 2.22. The standard InChI is InChI=1S/C7H16N2O2/c1-7(8,6(10)11)4-5-9(2)3/h4-5,8H2,1-3H3,(H,10,11)/t7-/m0/s1. The maximum atomic E-state index is 10.5. The Bertz CT molecular complexity index is 143. The predicted octanol–water partition coefficient (Wildman–Crippen LogP) is -0.260. The van der Waals surface area contributed by atoms with Crippen LogP contribution in [0.5, 0.6) is 0 Å². The minimum atomic E-state index is -1.09. The van der Waals surface area contributed by atoms with E-state index in [-0.39, 0.29) is 0 Å². The molecule has 0 aromatic heterocycles. The van der Waals surface area contributed by atoms with Gasteiger partial charge in [0.25, 0.3) is 0 Å². The van der Waals surface area contributed by atoms with Crippen molar-refractivity contribution in [2.75, 3.05) is 20.6 Å². The summed E-state index contributed by atoms with van der Waals surface area (Å²) in [4.78, 5) is 12.4. The van der Waals surface area contributed by atoms with Gasteiger partial charge in [0.05, 0.1) is 0 Å². The second-order valence-electron chi connectivity index (χ2n) is 3.28. The van der Waals surface area contributed by atoms with Crippen LogP contribution in [0.25, 0.3) is 0 Å². The zero-order chi connectivity index (χ0) is 9.07. The van der Waals surface area contributed by atoms with Gasteiger partial charge in [0.2, 0.25) is 0 Å². The van der Waals surface area contributed by atoms with Crippen molar-refractivity contribution < 1.29 is 9.90 Å². The highest BCUT2D eigenvalue weighted by Gasteiger charge is 2.27. The average Bonchev–Trinajstić information content (AvgIpc) is 1.84. The first-order valence-corrected chi connectivity index (χ1v) is 3.53. The summed E-state index contributed by atoms with van der Waals surface area (Å²) in [6.07, 6.45) is 0.468. The van der Waals surface area contributed by atoms with Crippen LogP contribution >= 0.6 is 0 Å². The third-order valence-electron chi connectivity index (χ3n) is 1.57. The number of hydrogen-bond donors (Lipinski definition) is 2. The molecule has 0 bridgehead atoms. The number of carboxylic acid groups (broad SMARTS) is 1. The van der Waals surface area contributed by atoms with Crippen molar-refractivity contribution in [1.29, 1.82) is 0 Å². The molecule has 4 heteroatoms. The van der Waals surface area contributed by atoms with Crippen molar-refractivity contribution in [3.05, 3.63) is 0 Å². The first-order valence-electron chi connectivity index (χ1n) is 3.53. The molecule has 0 unspecified atom stereocenters. The lowest BCUT2D eigenvalue weighted by atomic mass is 10.00. The normalized spacial score (nSPS) is 16.5. The van der Waals surface area contributed by atoms with E-state index in [0.29, 0.717) is 13.0 Å². The Hall–Kier alpha value is -0.610. The molecule has 1 atom stereocenters. The minimum Gasteiger partial charge on any atom is -0.480 e. The Morgan fingerprint density at radius 3 is 2.36 bits per heavy atom. The zero-order valence-electron chi connectivity index (χ0n) is 7.29. The van der Waals surface area contributed by atoms with Crippen LogP contribution in [0, 0.1) is 0 Å². The van der Waals surface area contributed by atoms with Gasteiger partial charge in [0.15, 0.2) is 0 Å². The van der Waals surface area contributed by atoms with Crippen molar-refractivity contribution in [1.82, 2.24) is 4.90 Å². The molecule has 4 nitrogen and oxygen atoms in total. The molecule has 0 heterocycles. The maximum absolute atomic E-state index is 10.5. The predicted molar refractivity (Wildman–Crippen MR) is 43.4 cm³/mol. The van der Waals surface area contributed by atoms with Gasteiger partial charge in [0, 0.05) is 0 Å². The van der Waals surface area contributed by atoms with Gasteiger partial charge in [-0.2, -0.15) is 0 Å². The zero-order valence-corrected chi connectivity index (χ0v) is 7.29. The Morgan fingerprint density at radius 1 is 1.64 bits per heavy atom. The monoisotopic (exact) mass is 160 g/mol. The van der Waals surface area contributed by atoms with Crippen molar-refractivity contribution in [2.45, 2.75) is 18.9 Å². The topological polar surface area (TPSA) is 66.6 Å². The molecule has 0 aromatic rings. The first kappa shape index (κ1) is 10.4. The van der Waals surface area contributed by atoms with Crippen LogP contribution in [-0.2, 0) is 4.79 Å². The van der Waals surface area contributed by atoms with E-state index in [4.69, 9.17) is 10.8 Å². The molecule has 0 saturated heterocycles. The summed E-state index contributed by atoms with van der Waals surface area (Å²) >= 11 is 0. The molecular weight excluding hydrogens is 144 g/mol. The fraction of sp³-hybridized carbons (Fsp3) is 0.857. The van der Waals surface area contributed by atoms with Crippen molar-refractivity contribution >= 4 is 5.97 Å². The van der Waals surface area contributed by atoms with Crippen LogP contribution < -0.4 is 5.73 Å². The number of nitrogens with two attached hydrogens (primary N) is 1. The van der Waals surface area contributed by atoms with Gasteiger partial charge >= 0.3 is 5.97 Å². The van der Waals surface area contributed by atoms with Crippen LogP contribution in [0.1, 0.15) is 13.3 Å². The lowest BCUT2D eigenvalue weighted by molar-refractivity contribution is -0.143. The molecule has 0 rings (SSSR count). The highest BCUT2D eigenvalue weighted by Crippen LogP contribution is 2.05. The Kier molecular flexibility index (Phi) is 3.48. The third-order valence-corrected chi connectivity index (χ3v) is 1.57. The number of nitrogens with zero attached hydrogens (tertiary/aromatic N) is 1. The SMILES string of the molecule is CN(C)CC[C@](C)(N)C(=O)O. The van der Waals surface area contributed by atoms with Gasteiger partial charge in [-0.1, -0.05) is 0 Å². The molecule has 0 amide bonds. The molecular formula is C7H16N2O2. The van der Waals surface area contributed by atoms with Crippen LogP contribution in [0.2, 0.25) is 0 Å². The molecule has 0 aliphatic heterocycles. The fourth-order valence-electron chi connectivity index (χ4n) is 0.563. The highest BCUT2D eigenvalue weighted by atomic mass is 16.4. The van der Waals surface area contributed by atoms with Gasteiger partial charge < -0.3 is 15.7 Å².